The van der Waals surface area contributed by atoms with Crippen LogP contribution in [0, 0.1) is 5.92 Å². The van der Waals surface area contributed by atoms with Gasteiger partial charge in [-0.05, 0) is 44.3 Å². The van der Waals surface area contributed by atoms with Crippen LogP contribution in [0.1, 0.15) is 24.9 Å². The summed E-state index contributed by atoms with van der Waals surface area (Å²) in [7, 11) is 4.02. The molecule has 1 aromatic rings. The van der Waals surface area contributed by atoms with E-state index in [4.69, 9.17) is 0 Å². The summed E-state index contributed by atoms with van der Waals surface area (Å²) in [6, 6.07) is 4.57. The van der Waals surface area contributed by atoms with Crippen molar-refractivity contribution in [2.45, 2.75) is 19.4 Å². The normalized spacial score (nSPS) is 14.9. The second-order valence-electron chi connectivity index (χ2n) is 3.77. The van der Waals surface area contributed by atoms with Gasteiger partial charge in [0.25, 0.3) is 0 Å². The minimum absolute atomic E-state index is 0.408. The number of aromatic nitrogens is 1. The van der Waals surface area contributed by atoms with Gasteiger partial charge in [0.1, 0.15) is 0 Å². The first-order valence-corrected chi connectivity index (χ1v) is 5.55. The average Bonchev–Trinajstić information content (AvgIpc) is 2.30. The van der Waals surface area contributed by atoms with Gasteiger partial charge in [0.05, 0.1) is 0 Å². The van der Waals surface area contributed by atoms with Crippen molar-refractivity contribution < 1.29 is 0 Å². The third-order valence-corrected chi connectivity index (χ3v) is 2.84. The topological polar surface area (TPSA) is 37.0 Å². The smallest absolute Gasteiger partial charge is 0.0359 e. The monoisotopic (exact) mass is 207 g/mol. The molecule has 0 spiro atoms. The molecule has 2 atom stereocenters. The number of nitrogens with one attached hydrogen (secondary N) is 2. The average molecular weight is 207 g/mol. The number of rotatable bonds is 6. The molecule has 15 heavy (non-hydrogen) atoms. The predicted octanol–water partition coefficient (Wildman–Crippen LogP) is 1.59. The van der Waals surface area contributed by atoms with Gasteiger partial charge in [-0.2, -0.15) is 0 Å². The van der Waals surface area contributed by atoms with Crippen molar-refractivity contribution in [1.29, 1.82) is 0 Å². The molecule has 0 saturated heterocycles. The highest BCUT2D eigenvalue weighted by atomic mass is 14.9. The summed E-state index contributed by atoms with van der Waals surface area (Å²) in [5.41, 5.74) is 1.31. The fourth-order valence-electron chi connectivity index (χ4n) is 2.01. The summed E-state index contributed by atoms with van der Waals surface area (Å²) in [4.78, 5) is 4.05. The molecule has 2 unspecified atom stereocenters. The van der Waals surface area contributed by atoms with Crippen LogP contribution in [-0.2, 0) is 0 Å². The van der Waals surface area contributed by atoms with Crippen molar-refractivity contribution in [3.05, 3.63) is 30.1 Å². The quantitative estimate of drug-likeness (QED) is 0.744. The lowest BCUT2D eigenvalue weighted by Gasteiger charge is -2.26. The van der Waals surface area contributed by atoms with Crippen molar-refractivity contribution in [2.24, 2.45) is 5.92 Å². The van der Waals surface area contributed by atoms with Crippen molar-refractivity contribution in [3.63, 3.8) is 0 Å². The maximum atomic E-state index is 4.05. The Balaban J connectivity index is 2.77. The van der Waals surface area contributed by atoms with E-state index in [9.17, 15) is 0 Å². The zero-order chi connectivity index (χ0) is 11.1. The molecule has 0 aliphatic heterocycles. The van der Waals surface area contributed by atoms with Gasteiger partial charge in [-0.1, -0.05) is 13.3 Å². The molecule has 0 aliphatic rings. The van der Waals surface area contributed by atoms with Gasteiger partial charge < -0.3 is 10.6 Å². The fourth-order valence-corrected chi connectivity index (χ4v) is 2.01. The van der Waals surface area contributed by atoms with E-state index in [1.807, 2.05) is 26.5 Å². The molecule has 0 aliphatic carbocycles. The Morgan fingerprint density at radius 2 is 1.93 bits per heavy atom. The molecular weight excluding hydrogens is 186 g/mol. The van der Waals surface area contributed by atoms with Crippen molar-refractivity contribution in [2.75, 3.05) is 20.6 Å². The molecule has 2 N–H and O–H groups in total. The van der Waals surface area contributed by atoms with E-state index in [0.717, 1.165) is 13.0 Å². The van der Waals surface area contributed by atoms with Gasteiger partial charge >= 0.3 is 0 Å². The summed E-state index contributed by atoms with van der Waals surface area (Å²) in [6.07, 6.45) is 4.87. The molecule has 0 saturated carbocycles. The lowest BCUT2D eigenvalue weighted by Crippen LogP contribution is -2.31. The van der Waals surface area contributed by atoms with E-state index >= 15 is 0 Å². The number of hydrogen-bond donors (Lipinski definition) is 2. The second-order valence-corrected chi connectivity index (χ2v) is 3.77. The van der Waals surface area contributed by atoms with Crippen LogP contribution in [-0.4, -0.2) is 25.6 Å². The Morgan fingerprint density at radius 3 is 2.40 bits per heavy atom. The molecular formula is C12H21N3. The zero-order valence-corrected chi connectivity index (χ0v) is 9.83. The maximum absolute atomic E-state index is 4.05. The second kappa shape index (κ2) is 6.53. The summed E-state index contributed by atoms with van der Waals surface area (Å²) in [5, 5.41) is 6.63. The van der Waals surface area contributed by atoms with Gasteiger partial charge in [-0.25, -0.2) is 0 Å². The van der Waals surface area contributed by atoms with E-state index in [0.29, 0.717) is 12.0 Å². The molecule has 0 fully saturated rings. The molecule has 0 amide bonds. The minimum atomic E-state index is 0.408. The Hall–Kier alpha value is -0.930. The van der Waals surface area contributed by atoms with Crippen molar-refractivity contribution in [1.82, 2.24) is 15.6 Å². The minimum Gasteiger partial charge on any atom is -0.319 e. The zero-order valence-electron chi connectivity index (χ0n) is 9.83. The molecule has 3 nitrogen and oxygen atoms in total. The van der Waals surface area contributed by atoms with E-state index in [-0.39, 0.29) is 0 Å². The molecule has 0 bridgehead atoms. The van der Waals surface area contributed by atoms with Gasteiger partial charge in [0.2, 0.25) is 0 Å². The van der Waals surface area contributed by atoms with Gasteiger partial charge in [-0.3, -0.25) is 4.98 Å². The highest BCUT2D eigenvalue weighted by molar-refractivity contribution is 5.16. The van der Waals surface area contributed by atoms with Crippen LogP contribution in [0.3, 0.4) is 0 Å². The van der Waals surface area contributed by atoms with Crippen LogP contribution in [0.25, 0.3) is 0 Å². The van der Waals surface area contributed by atoms with Crippen LogP contribution in [0.2, 0.25) is 0 Å². The summed E-state index contributed by atoms with van der Waals surface area (Å²) in [5.74, 6) is 0.613. The summed E-state index contributed by atoms with van der Waals surface area (Å²) >= 11 is 0. The van der Waals surface area contributed by atoms with E-state index < -0.39 is 0 Å². The van der Waals surface area contributed by atoms with Crippen LogP contribution in [0.15, 0.2) is 24.5 Å². The highest BCUT2D eigenvalue weighted by Gasteiger charge is 2.18. The molecule has 0 radical (unpaired) electrons. The molecule has 1 aromatic heterocycles. The molecule has 0 aromatic carbocycles. The van der Waals surface area contributed by atoms with E-state index in [2.05, 4.69) is 34.7 Å². The third kappa shape index (κ3) is 3.29. The number of hydrogen-bond acceptors (Lipinski definition) is 3. The van der Waals surface area contributed by atoms with Gasteiger partial charge in [0.15, 0.2) is 0 Å². The molecule has 3 heteroatoms. The first kappa shape index (κ1) is 12.1. The standard InChI is InChI=1S/C12H21N3/c1-4-10(9-13-2)12(14-3)11-5-7-15-8-6-11/h5-8,10,12-14H,4,9H2,1-3H3. The first-order chi connectivity index (χ1) is 7.33. The Kier molecular flexibility index (Phi) is 5.29. The summed E-state index contributed by atoms with van der Waals surface area (Å²) < 4.78 is 0. The molecule has 1 heterocycles. The lowest BCUT2D eigenvalue weighted by molar-refractivity contribution is 0.359. The maximum Gasteiger partial charge on any atom is 0.0359 e. The molecule has 1 rings (SSSR count). The number of nitrogens with zero attached hydrogens (tertiary/aromatic N) is 1. The largest absolute Gasteiger partial charge is 0.319 e. The first-order valence-electron chi connectivity index (χ1n) is 5.55. The van der Waals surface area contributed by atoms with Crippen LogP contribution >= 0.6 is 0 Å². The molecule has 84 valence electrons. The van der Waals surface area contributed by atoms with Crippen molar-refractivity contribution in [3.8, 4) is 0 Å². The van der Waals surface area contributed by atoms with Crippen LogP contribution in [0.5, 0.6) is 0 Å². The Labute approximate surface area is 92.3 Å². The van der Waals surface area contributed by atoms with Crippen LogP contribution in [0.4, 0.5) is 0 Å². The fraction of sp³-hybridized carbons (Fsp3) is 0.583. The Morgan fingerprint density at radius 1 is 1.27 bits per heavy atom. The van der Waals surface area contributed by atoms with Gasteiger partial charge in [-0.15, -0.1) is 0 Å². The van der Waals surface area contributed by atoms with Crippen LogP contribution < -0.4 is 10.6 Å². The van der Waals surface area contributed by atoms with Crippen molar-refractivity contribution >= 4 is 0 Å². The SMILES string of the molecule is CCC(CNC)C(NC)c1ccncc1. The lowest BCUT2D eigenvalue weighted by atomic mass is 9.91. The van der Waals surface area contributed by atoms with E-state index in [1.165, 1.54) is 5.56 Å². The highest BCUT2D eigenvalue weighted by Crippen LogP contribution is 2.23. The third-order valence-electron chi connectivity index (χ3n) is 2.84. The predicted molar refractivity (Wildman–Crippen MR) is 63.7 cm³/mol. The number of pyridine rings is 1. The summed E-state index contributed by atoms with van der Waals surface area (Å²) in [6.45, 7) is 3.26. The van der Waals surface area contributed by atoms with Gasteiger partial charge in [0, 0.05) is 18.4 Å². The Bertz CT molecular complexity index is 261. The van der Waals surface area contributed by atoms with E-state index in [1.54, 1.807) is 0 Å².